The van der Waals surface area contributed by atoms with Gasteiger partial charge in [-0.1, -0.05) is 60.7 Å². The number of carbonyl (C=O) groups excluding carboxylic acids is 4. The average Bonchev–Trinajstić information content (AvgIpc) is 3.74. The summed E-state index contributed by atoms with van der Waals surface area (Å²) in [5.74, 6) is -2.65. The van der Waals surface area contributed by atoms with Crippen LogP contribution >= 0.6 is 0 Å². The Kier molecular flexibility index (Phi) is 10.3. The molecule has 0 bridgehead atoms. The maximum absolute atomic E-state index is 13.9. The molecule has 0 fully saturated rings. The van der Waals surface area contributed by atoms with Crippen LogP contribution in [0.15, 0.2) is 60.7 Å². The predicted molar refractivity (Wildman–Crippen MR) is 194 cm³/mol. The van der Waals surface area contributed by atoms with Crippen molar-refractivity contribution in [2.24, 2.45) is 10.8 Å². The average molecular weight is 705 g/mol. The lowest BCUT2D eigenvalue weighted by atomic mass is 9.83. The molecule has 6 rings (SSSR count). The molecule has 2 aliphatic carbocycles. The first-order chi connectivity index (χ1) is 25.1. The summed E-state index contributed by atoms with van der Waals surface area (Å²) >= 11 is 0. The molecule has 0 amide bonds. The summed E-state index contributed by atoms with van der Waals surface area (Å²) in [4.78, 5) is 65.9. The lowest BCUT2D eigenvalue weighted by Gasteiger charge is -2.24. The number of aryl methyl sites for hydroxylation is 2. The quantitative estimate of drug-likeness (QED) is 0.0967. The van der Waals surface area contributed by atoms with E-state index in [0.717, 1.165) is 33.4 Å². The number of hydrogen-bond acceptors (Lipinski definition) is 10. The zero-order valence-corrected chi connectivity index (χ0v) is 30.6. The van der Waals surface area contributed by atoms with Crippen LogP contribution in [0.5, 0.6) is 0 Å². The molecule has 52 heavy (non-hydrogen) atoms. The Balaban J connectivity index is 1.67. The van der Waals surface area contributed by atoms with Gasteiger partial charge >= 0.3 is 23.9 Å². The van der Waals surface area contributed by atoms with Gasteiger partial charge in [0.1, 0.15) is 0 Å². The van der Waals surface area contributed by atoms with Crippen molar-refractivity contribution in [1.29, 1.82) is 0 Å². The van der Waals surface area contributed by atoms with Crippen molar-refractivity contribution in [3.8, 4) is 33.6 Å². The van der Waals surface area contributed by atoms with E-state index in [1.165, 1.54) is 0 Å². The van der Waals surface area contributed by atoms with E-state index in [2.05, 4.69) is 0 Å². The van der Waals surface area contributed by atoms with Gasteiger partial charge in [-0.3, -0.25) is 29.1 Å². The summed E-state index contributed by atoms with van der Waals surface area (Å²) in [6.07, 6.45) is 0.0253. The highest BCUT2D eigenvalue weighted by Crippen LogP contribution is 2.51. The highest BCUT2D eigenvalue weighted by Gasteiger charge is 2.57. The van der Waals surface area contributed by atoms with Gasteiger partial charge < -0.3 is 18.9 Å². The second-order valence-corrected chi connectivity index (χ2v) is 13.2. The molecule has 270 valence electrons. The fourth-order valence-corrected chi connectivity index (χ4v) is 7.90. The zero-order chi connectivity index (χ0) is 37.2. The van der Waals surface area contributed by atoms with Crippen LogP contribution in [-0.2, 0) is 63.8 Å². The SMILES string of the molecule is CCOC(=O)C1(C(=O)OCC)Cc2c(-c3nc(C)c(-c4ccccc4)c4c3CC(C(=O)OCC)(C(=O)OCC)C4)nc(C)c(-c3ccccc3)c2C1. The van der Waals surface area contributed by atoms with Crippen molar-refractivity contribution < 1.29 is 38.1 Å². The van der Waals surface area contributed by atoms with E-state index in [0.29, 0.717) is 33.9 Å². The third-order valence-corrected chi connectivity index (χ3v) is 10.1. The van der Waals surface area contributed by atoms with Crippen LogP contribution in [0, 0.1) is 24.7 Å². The van der Waals surface area contributed by atoms with Gasteiger partial charge in [0.2, 0.25) is 0 Å². The van der Waals surface area contributed by atoms with Gasteiger partial charge in [-0.25, -0.2) is 0 Å². The number of ether oxygens (including phenoxy) is 4. The molecule has 0 unspecified atom stereocenters. The lowest BCUT2D eigenvalue weighted by Crippen LogP contribution is -2.43. The van der Waals surface area contributed by atoms with Gasteiger partial charge in [-0.15, -0.1) is 0 Å². The van der Waals surface area contributed by atoms with Crippen LogP contribution in [0.1, 0.15) is 61.3 Å². The molecule has 0 saturated carbocycles. The van der Waals surface area contributed by atoms with E-state index >= 15 is 0 Å². The number of benzene rings is 2. The highest BCUT2D eigenvalue weighted by atomic mass is 16.6. The number of aromatic nitrogens is 2. The Hall–Kier alpha value is -5.38. The fraction of sp³-hybridized carbons (Fsp3) is 0.381. The number of carbonyl (C=O) groups is 4. The van der Waals surface area contributed by atoms with Crippen molar-refractivity contribution in [2.45, 2.75) is 67.2 Å². The Bertz CT molecular complexity index is 1860. The predicted octanol–water partition coefficient (Wildman–Crippen LogP) is 6.52. The minimum atomic E-state index is -1.65. The molecule has 0 aliphatic heterocycles. The second kappa shape index (κ2) is 14.7. The monoisotopic (exact) mass is 704 g/mol. The third kappa shape index (κ3) is 6.03. The van der Waals surface area contributed by atoms with E-state index in [-0.39, 0.29) is 52.1 Å². The Labute approximate surface area is 303 Å². The van der Waals surface area contributed by atoms with Crippen LogP contribution < -0.4 is 0 Å². The maximum Gasteiger partial charge on any atom is 0.324 e. The smallest absolute Gasteiger partial charge is 0.324 e. The third-order valence-electron chi connectivity index (χ3n) is 10.1. The van der Waals surface area contributed by atoms with E-state index < -0.39 is 34.7 Å². The van der Waals surface area contributed by atoms with Gasteiger partial charge in [0.15, 0.2) is 10.8 Å². The molecule has 10 heteroatoms. The summed E-state index contributed by atoms with van der Waals surface area (Å²) in [7, 11) is 0. The Morgan fingerprint density at radius 1 is 0.500 bits per heavy atom. The number of fused-ring (bicyclic) bond motifs is 2. The molecular weight excluding hydrogens is 660 g/mol. The zero-order valence-electron chi connectivity index (χ0n) is 30.6. The van der Waals surface area contributed by atoms with E-state index in [4.69, 9.17) is 28.9 Å². The number of hydrogen-bond donors (Lipinski definition) is 0. The minimum Gasteiger partial charge on any atom is -0.465 e. The number of nitrogens with zero attached hydrogens (tertiary/aromatic N) is 2. The summed E-state index contributed by atoms with van der Waals surface area (Å²) in [5.41, 5.74) is 5.27. The van der Waals surface area contributed by atoms with Crippen molar-refractivity contribution >= 4 is 23.9 Å². The molecule has 2 aromatic carbocycles. The molecule has 0 saturated heterocycles. The number of rotatable bonds is 11. The lowest BCUT2D eigenvalue weighted by molar-refractivity contribution is -0.173. The molecule has 2 heterocycles. The van der Waals surface area contributed by atoms with Crippen molar-refractivity contribution in [3.63, 3.8) is 0 Å². The summed E-state index contributed by atoms with van der Waals surface area (Å²) in [6, 6.07) is 19.5. The first-order valence-electron chi connectivity index (χ1n) is 17.9. The number of pyridine rings is 2. The molecule has 4 aromatic rings. The molecule has 2 aromatic heterocycles. The van der Waals surface area contributed by atoms with Gasteiger partial charge in [0, 0.05) is 48.2 Å². The van der Waals surface area contributed by atoms with E-state index in [1.807, 2.05) is 74.5 Å². The van der Waals surface area contributed by atoms with Gasteiger partial charge in [0.05, 0.1) is 37.8 Å². The van der Waals surface area contributed by atoms with Crippen molar-refractivity contribution in [1.82, 2.24) is 9.97 Å². The van der Waals surface area contributed by atoms with Crippen LogP contribution in [0.3, 0.4) is 0 Å². The normalized spacial score (nSPS) is 15.0. The van der Waals surface area contributed by atoms with Gasteiger partial charge in [-0.2, -0.15) is 0 Å². The molecule has 0 atom stereocenters. The molecule has 2 aliphatic rings. The standard InChI is InChI=1S/C42H44N2O8/c1-7-49-37(45)41(38(46)50-8-2)21-29-31(23-41)35(43-25(5)33(29)27-17-13-11-14-18-27)36-32-24-42(39(47)51-9-3,40(48)52-10-4)22-30(32)34(26(6)44-36)28-19-15-12-16-20-28/h11-20H,7-10,21-24H2,1-6H3. The number of esters is 4. The van der Waals surface area contributed by atoms with Crippen LogP contribution in [-0.4, -0.2) is 60.3 Å². The van der Waals surface area contributed by atoms with E-state index in [9.17, 15) is 19.2 Å². The van der Waals surface area contributed by atoms with Crippen molar-refractivity contribution in [2.75, 3.05) is 26.4 Å². The van der Waals surface area contributed by atoms with Crippen molar-refractivity contribution in [3.05, 3.63) is 94.3 Å². The van der Waals surface area contributed by atoms with Gasteiger partial charge in [0.25, 0.3) is 0 Å². The largest absolute Gasteiger partial charge is 0.465 e. The summed E-state index contributed by atoms with van der Waals surface area (Å²) in [6.45, 7) is 11.0. The Morgan fingerprint density at radius 3 is 1.08 bits per heavy atom. The topological polar surface area (TPSA) is 131 Å². The minimum absolute atomic E-state index is 0.0285. The molecule has 0 radical (unpaired) electrons. The van der Waals surface area contributed by atoms with Crippen LogP contribution in [0.25, 0.3) is 33.6 Å². The molecule has 0 N–H and O–H groups in total. The van der Waals surface area contributed by atoms with Crippen LogP contribution in [0.2, 0.25) is 0 Å². The van der Waals surface area contributed by atoms with Gasteiger partial charge in [-0.05, 0) is 74.9 Å². The molecular formula is C42H44N2O8. The van der Waals surface area contributed by atoms with E-state index in [1.54, 1.807) is 27.7 Å². The summed E-state index contributed by atoms with van der Waals surface area (Å²) in [5, 5.41) is 0. The summed E-state index contributed by atoms with van der Waals surface area (Å²) < 4.78 is 22.2. The first kappa shape index (κ1) is 36.4. The fourth-order valence-electron chi connectivity index (χ4n) is 7.90. The molecule has 0 spiro atoms. The second-order valence-electron chi connectivity index (χ2n) is 13.2. The highest BCUT2D eigenvalue weighted by molar-refractivity contribution is 6.04. The first-order valence-corrected chi connectivity index (χ1v) is 17.9. The maximum atomic E-state index is 13.9. The van der Waals surface area contributed by atoms with Crippen LogP contribution in [0.4, 0.5) is 0 Å². The Morgan fingerprint density at radius 2 is 0.788 bits per heavy atom. The molecule has 10 nitrogen and oxygen atoms in total.